The fraction of sp³-hybridized carbons (Fsp3) is 0.600. The number of anilines is 1. The molecule has 1 amide bonds. The van der Waals surface area contributed by atoms with Gasteiger partial charge >= 0.3 is 0 Å². The Morgan fingerprint density at radius 1 is 1.75 bits per heavy atom. The quantitative estimate of drug-likeness (QED) is 0.764. The van der Waals surface area contributed by atoms with Crippen LogP contribution in [0, 0.1) is 0 Å². The highest BCUT2D eigenvalue weighted by Gasteiger charge is 2.15. The number of methoxy groups -OCH3 is 1. The number of nitrogens with zero attached hydrogens (tertiary/aromatic N) is 3. The van der Waals surface area contributed by atoms with E-state index in [1.165, 1.54) is 4.68 Å². The van der Waals surface area contributed by atoms with Crippen LogP contribution in [-0.4, -0.2) is 47.4 Å². The highest BCUT2D eigenvalue weighted by atomic mass is 16.5. The molecule has 6 nitrogen and oxygen atoms in total. The van der Waals surface area contributed by atoms with Crippen LogP contribution < -0.4 is 5.73 Å². The fourth-order valence-corrected chi connectivity index (χ4v) is 1.31. The van der Waals surface area contributed by atoms with E-state index in [4.69, 9.17) is 10.5 Å². The number of rotatable bonds is 5. The molecule has 0 aliphatic carbocycles. The van der Waals surface area contributed by atoms with Crippen LogP contribution in [0.2, 0.25) is 0 Å². The van der Waals surface area contributed by atoms with E-state index in [1.54, 1.807) is 31.3 Å². The van der Waals surface area contributed by atoms with Gasteiger partial charge in [0, 0.05) is 20.4 Å². The molecule has 90 valence electrons. The zero-order chi connectivity index (χ0) is 12.1. The van der Waals surface area contributed by atoms with Gasteiger partial charge < -0.3 is 15.4 Å². The van der Waals surface area contributed by atoms with Crippen molar-refractivity contribution >= 4 is 11.7 Å². The van der Waals surface area contributed by atoms with Crippen molar-refractivity contribution < 1.29 is 9.53 Å². The van der Waals surface area contributed by atoms with Crippen molar-refractivity contribution in [3.63, 3.8) is 0 Å². The Balaban J connectivity index is 2.51. The van der Waals surface area contributed by atoms with Gasteiger partial charge in [0.25, 0.3) is 0 Å². The molecule has 0 aromatic carbocycles. The van der Waals surface area contributed by atoms with Crippen molar-refractivity contribution in [2.45, 2.75) is 19.5 Å². The van der Waals surface area contributed by atoms with Gasteiger partial charge in [-0.25, -0.2) is 0 Å². The van der Waals surface area contributed by atoms with E-state index in [2.05, 4.69) is 5.10 Å². The average Bonchev–Trinajstić information content (AvgIpc) is 2.63. The molecule has 2 N–H and O–H groups in total. The second-order valence-corrected chi connectivity index (χ2v) is 3.75. The first kappa shape index (κ1) is 12.5. The highest BCUT2D eigenvalue weighted by Crippen LogP contribution is 2.01. The van der Waals surface area contributed by atoms with Crippen LogP contribution in [0.3, 0.4) is 0 Å². The third-order valence-electron chi connectivity index (χ3n) is 2.42. The lowest BCUT2D eigenvalue weighted by atomic mass is 10.3. The molecule has 0 saturated carbocycles. The molecule has 0 bridgehead atoms. The van der Waals surface area contributed by atoms with Crippen LogP contribution in [0.15, 0.2) is 12.3 Å². The SMILES string of the molecule is COCC(C)N(C)C(=O)Cn1ccc(N)n1. The Hall–Kier alpha value is -1.56. The van der Waals surface area contributed by atoms with Crippen molar-refractivity contribution in [3.8, 4) is 0 Å². The fourth-order valence-electron chi connectivity index (χ4n) is 1.31. The third kappa shape index (κ3) is 3.23. The summed E-state index contributed by atoms with van der Waals surface area (Å²) in [5.41, 5.74) is 5.46. The predicted octanol–water partition coefficient (Wildman–Crippen LogP) is -0.0414. The molecular formula is C10H18N4O2. The number of carbonyl (C=O) groups is 1. The van der Waals surface area contributed by atoms with Gasteiger partial charge in [0.1, 0.15) is 12.4 Å². The summed E-state index contributed by atoms with van der Waals surface area (Å²) >= 11 is 0. The van der Waals surface area contributed by atoms with Crippen molar-refractivity contribution in [1.29, 1.82) is 0 Å². The maximum Gasteiger partial charge on any atom is 0.244 e. The number of amides is 1. The number of aromatic nitrogens is 2. The number of ether oxygens (including phenoxy) is 1. The minimum Gasteiger partial charge on any atom is -0.383 e. The van der Waals surface area contributed by atoms with Gasteiger partial charge in [-0.15, -0.1) is 0 Å². The second kappa shape index (κ2) is 5.50. The lowest BCUT2D eigenvalue weighted by Gasteiger charge is -2.24. The van der Waals surface area contributed by atoms with Crippen LogP contribution in [0.4, 0.5) is 5.82 Å². The van der Waals surface area contributed by atoms with Gasteiger partial charge in [-0.05, 0) is 13.0 Å². The zero-order valence-corrected chi connectivity index (χ0v) is 9.88. The monoisotopic (exact) mass is 226 g/mol. The molecule has 0 saturated heterocycles. The first-order chi connectivity index (χ1) is 7.54. The summed E-state index contributed by atoms with van der Waals surface area (Å²) in [7, 11) is 3.36. The van der Waals surface area contributed by atoms with E-state index >= 15 is 0 Å². The number of nitrogen functional groups attached to an aromatic ring is 1. The van der Waals surface area contributed by atoms with Crippen molar-refractivity contribution in [1.82, 2.24) is 14.7 Å². The molecule has 1 atom stereocenters. The summed E-state index contributed by atoms with van der Waals surface area (Å²) in [6.07, 6.45) is 1.68. The summed E-state index contributed by atoms with van der Waals surface area (Å²) in [6.45, 7) is 2.64. The van der Waals surface area contributed by atoms with E-state index < -0.39 is 0 Å². The summed E-state index contributed by atoms with van der Waals surface area (Å²) in [6, 6.07) is 1.71. The Morgan fingerprint density at radius 2 is 2.44 bits per heavy atom. The van der Waals surface area contributed by atoms with Crippen LogP contribution in [0.25, 0.3) is 0 Å². The van der Waals surface area contributed by atoms with Crippen LogP contribution in [-0.2, 0) is 16.1 Å². The van der Waals surface area contributed by atoms with E-state index in [1.807, 2.05) is 6.92 Å². The van der Waals surface area contributed by atoms with E-state index in [9.17, 15) is 4.79 Å². The molecule has 16 heavy (non-hydrogen) atoms. The van der Waals surface area contributed by atoms with Crippen molar-refractivity contribution in [2.24, 2.45) is 0 Å². The largest absolute Gasteiger partial charge is 0.383 e. The summed E-state index contributed by atoms with van der Waals surface area (Å²) in [4.78, 5) is 13.4. The standard InChI is InChI=1S/C10H18N4O2/c1-8(7-16-3)13(2)10(15)6-14-5-4-9(11)12-14/h4-5,8H,6-7H2,1-3H3,(H2,11,12). The first-order valence-electron chi connectivity index (χ1n) is 5.08. The van der Waals surface area contributed by atoms with Gasteiger partial charge in [-0.1, -0.05) is 0 Å². The zero-order valence-electron chi connectivity index (χ0n) is 9.88. The van der Waals surface area contributed by atoms with E-state index in [0.717, 1.165) is 0 Å². The third-order valence-corrected chi connectivity index (χ3v) is 2.42. The maximum atomic E-state index is 11.8. The summed E-state index contributed by atoms with van der Waals surface area (Å²) in [5, 5.41) is 3.95. The molecule has 1 rings (SSSR count). The Bertz CT molecular complexity index is 350. The van der Waals surface area contributed by atoms with E-state index in [0.29, 0.717) is 12.4 Å². The molecule has 0 spiro atoms. The summed E-state index contributed by atoms with van der Waals surface area (Å²) in [5.74, 6) is 0.396. The molecule has 6 heteroatoms. The lowest BCUT2D eigenvalue weighted by molar-refractivity contribution is -0.133. The smallest absolute Gasteiger partial charge is 0.244 e. The Kier molecular flexibility index (Phi) is 4.30. The van der Waals surface area contributed by atoms with Gasteiger partial charge in [0.15, 0.2) is 0 Å². The van der Waals surface area contributed by atoms with Crippen LogP contribution in [0.5, 0.6) is 0 Å². The van der Waals surface area contributed by atoms with Gasteiger partial charge in [0.2, 0.25) is 5.91 Å². The van der Waals surface area contributed by atoms with E-state index in [-0.39, 0.29) is 18.5 Å². The molecule has 0 radical (unpaired) electrons. The lowest BCUT2D eigenvalue weighted by Crippen LogP contribution is -2.39. The summed E-state index contributed by atoms with van der Waals surface area (Å²) < 4.78 is 6.51. The molecule has 1 aromatic rings. The average molecular weight is 226 g/mol. The maximum absolute atomic E-state index is 11.8. The number of nitrogens with two attached hydrogens (primary N) is 1. The molecule has 0 aliphatic rings. The Labute approximate surface area is 95.0 Å². The minimum atomic E-state index is -0.0207. The minimum absolute atomic E-state index is 0.0207. The number of likely N-dealkylation sites (N-methyl/N-ethyl adjacent to an activating group) is 1. The van der Waals surface area contributed by atoms with Crippen LogP contribution >= 0.6 is 0 Å². The first-order valence-corrected chi connectivity index (χ1v) is 5.08. The molecule has 1 aromatic heterocycles. The number of hydrogen-bond donors (Lipinski definition) is 1. The molecule has 0 fully saturated rings. The highest BCUT2D eigenvalue weighted by molar-refractivity contribution is 5.75. The molecule has 1 heterocycles. The number of hydrogen-bond acceptors (Lipinski definition) is 4. The predicted molar refractivity (Wildman–Crippen MR) is 60.7 cm³/mol. The van der Waals surface area contributed by atoms with Gasteiger partial charge in [-0.3, -0.25) is 9.48 Å². The van der Waals surface area contributed by atoms with Gasteiger partial charge in [-0.2, -0.15) is 5.10 Å². The van der Waals surface area contributed by atoms with Crippen molar-refractivity contribution in [2.75, 3.05) is 26.5 Å². The molecule has 0 aliphatic heterocycles. The molecular weight excluding hydrogens is 208 g/mol. The second-order valence-electron chi connectivity index (χ2n) is 3.75. The van der Waals surface area contributed by atoms with Crippen LogP contribution in [0.1, 0.15) is 6.92 Å². The molecule has 1 unspecified atom stereocenters. The Morgan fingerprint density at radius 3 is 2.94 bits per heavy atom. The topological polar surface area (TPSA) is 73.4 Å². The van der Waals surface area contributed by atoms with Gasteiger partial charge in [0.05, 0.1) is 12.6 Å². The normalized spacial score (nSPS) is 12.4. The number of carbonyl (C=O) groups excluding carboxylic acids is 1. The van der Waals surface area contributed by atoms with Crippen molar-refractivity contribution in [3.05, 3.63) is 12.3 Å².